The summed E-state index contributed by atoms with van der Waals surface area (Å²) in [5.74, 6) is -0.101. The molecule has 6 nitrogen and oxygen atoms in total. The van der Waals surface area contributed by atoms with Crippen molar-refractivity contribution in [3.63, 3.8) is 0 Å². The number of aliphatic carboxylic acids is 1. The number of carbonyl (C=O) groups excluding carboxylic acids is 2. The van der Waals surface area contributed by atoms with Gasteiger partial charge in [-0.25, -0.2) is 4.79 Å². The number of ether oxygens (including phenoxy) is 1. The zero-order valence-electron chi connectivity index (χ0n) is 13.0. The molecule has 1 N–H and O–H groups in total. The van der Waals surface area contributed by atoms with Crippen LogP contribution >= 0.6 is 11.8 Å². The fourth-order valence-electron chi connectivity index (χ4n) is 2.65. The van der Waals surface area contributed by atoms with Crippen molar-refractivity contribution in [3.8, 4) is 5.75 Å². The molecule has 1 aliphatic heterocycles. The lowest BCUT2D eigenvalue weighted by molar-refractivity contribution is -0.148. The van der Waals surface area contributed by atoms with Crippen LogP contribution in [0.1, 0.15) is 24.9 Å². The van der Waals surface area contributed by atoms with Crippen molar-refractivity contribution >= 4 is 28.8 Å². The van der Waals surface area contributed by atoms with Gasteiger partial charge in [0.25, 0.3) is 0 Å². The normalized spacial score (nSPS) is 18.8. The van der Waals surface area contributed by atoms with E-state index in [1.807, 2.05) is 0 Å². The van der Waals surface area contributed by atoms with Gasteiger partial charge in [0, 0.05) is 25.6 Å². The van der Waals surface area contributed by atoms with Crippen molar-refractivity contribution in [3.05, 3.63) is 29.8 Å². The number of amides is 1. The Morgan fingerprint density at radius 2 is 2.04 bits per heavy atom. The zero-order chi connectivity index (χ0) is 17.0. The molecule has 1 fully saturated rings. The summed E-state index contributed by atoms with van der Waals surface area (Å²) in [4.78, 5) is 36.3. The Hall–Kier alpha value is -2.02. The van der Waals surface area contributed by atoms with Crippen LogP contribution in [-0.4, -0.2) is 46.4 Å². The van der Waals surface area contributed by atoms with Crippen molar-refractivity contribution in [1.82, 2.24) is 4.90 Å². The van der Waals surface area contributed by atoms with Gasteiger partial charge in [-0.05, 0) is 23.6 Å². The second-order valence-corrected chi connectivity index (χ2v) is 6.63. The third-order valence-electron chi connectivity index (χ3n) is 3.74. The first-order chi connectivity index (χ1) is 10.9. The predicted molar refractivity (Wildman–Crippen MR) is 86.3 cm³/mol. The summed E-state index contributed by atoms with van der Waals surface area (Å²) in [7, 11) is 1.53. The largest absolute Gasteiger partial charge is 0.497 e. The minimum Gasteiger partial charge on any atom is -0.497 e. The Morgan fingerprint density at radius 1 is 1.39 bits per heavy atom. The number of carboxylic acids is 1. The monoisotopic (exact) mass is 337 g/mol. The molecule has 1 aromatic carbocycles. The van der Waals surface area contributed by atoms with Crippen LogP contribution < -0.4 is 4.74 Å². The van der Waals surface area contributed by atoms with E-state index >= 15 is 0 Å². The van der Waals surface area contributed by atoms with Crippen molar-refractivity contribution in [1.29, 1.82) is 0 Å². The smallest absolute Gasteiger partial charge is 0.331 e. The molecular weight excluding hydrogens is 318 g/mol. The summed E-state index contributed by atoms with van der Waals surface area (Å²) in [5.41, 5.74) is 0.534. The van der Waals surface area contributed by atoms with Crippen molar-refractivity contribution in [2.24, 2.45) is 5.92 Å². The second-order valence-electron chi connectivity index (χ2n) is 5.43. The minimum absolute atomic E-state index is 0.000776. The van der Waals surface area contributed by atoms with E-state index in [0.717, 1.165) is 0 Å². The molecule has 0 aliphatic carbocycles. The van der Waals surface area contributed by atoms with E-state index < -0.39 is 12.0 Å². The standard InChI is InChI=1S/C16H19NO5S/c1-10(18)23-9-11-7-14(19)17(8-11)15(16(20)21)12-3-5-13(22-2)6-4-12/h3-6,11,15H,7-9H2,1-2H3,(H,20,21). The second kappa shape index (κ2) is 7.50. The molecule has 1 saturated heterocycles. The van der Waals surface area contributed by atoms with E-state index in [-0.39, 0.29) is 23.4 Å². The van der Waals surface area contributed by atoms with Gasteiger partial charge in [0.15, 0.2) is 11.2 Å². The van der Waals surface area contributed by atoms with E-state index in [9.17, 15) is 19.5 Å². The molecule has 1 aliphatic rings. The van der Waals surface area contributed by atoms with Gasteiger partial charge in [-0.3, -0.25) is 9.59 Å². The number of benzene rings is 1. The van der Waals surface area contributed by atoms with Crippen LogP contribution in [0.2, 0.25) is 0 Å². The van der Waals surface area contributed by atoms with Crippen LogP contribution in [0.15, 0.2) is 24.3 Å². The third kappa shape index (κ3) is 4.25. The van der Waals surface area contributed by atoms with Crippen LogP contribution in [0.25, 0.3) is 0 Å². The van der Waals surface area contributed by atoms with Crippen LogP contribution in [0.4, 0.5) is 0 Å². The molecule has 7 heteroatoms. The average molecular weight is 337 g/mol. The summed E-state index contributed by atoms with van der Waals surface area (Å²) >= 11 is 1.17. The Labute approximate surface area is 138 Å². The molecule has 0 radical (unpaired) electrons. The number of hydrogen-bond acceptors (Lipinski definition) is 5. The van der Waals surface area contributed by atoms with Gasteiger partial charge in [-0.2, -0.15) is 0 Å². The fourth-order valence-corrected chi connectivity index (χ4v) is 3.34. The topological polar surface area (TPSA) is 83.9 Å². The molecule has 0 spiro atoms. The summed E-state index contributed by atoms with van der Waals surface area (Å²) in [6.45, 7) is 1.83. The molecule has 1 heterocycles. The van der Waals surface area contributed by atoms with Gasteiger partial charge >= 0.3 is 5.97 Å². The lowest BCUT2D eigenvalue weighted by Crippen LogP contribution is -2.35. The Balaban J connectivity index is 2.15. The Kier molecular flexibility index (Phi) is 5.65. The minimum atomic E-state index is -1.07. The van der Waals surface area contributed by atoms with Gasteiger partial charge in [0.1, 0.15) is 5.75 Å². The molecule has 1 aromatic rings. The highest BCUT2D eigenvalue weighted by Gasteiger charge is 2.38. The predicted octanol–water partition coefficient (Wildman–Crippen LogP) is 1.95. The van der Waals surface area contributed by atoms with Gasteiger partial charge in [0.05, 0.1) is 7.11 Å². The lowest BCUT2D eigenvalue weighted by Gasteiger charge is -2.25. The van der Waals surface area contributed by atoms with Gasteiger partial charge < -0.3 is 14.7 Å². The highest BCUT2D eigenvalue weighted by Crippen LogP contribution is 2.31. The molecule has 0 aromatic heterocycles. The summed E-state index contributed by atoms with van der Waals surface area (Å²) < 4.78 is 5.06. The number of thioether (sulfide) groups is 1. The van der Waals surface area contributed by atoms with Gasteiger partial charge in [-0.1, -0.05) is 23.9 Å². The molecule has 1 amide bonds. The SMILES string of the molecule is COc1ccc(C(C(=O)O)N2CC(CSC(C)=O)CC2=O)cc1. The molecule has 2 rings (SSSR count). The fraction of sp³-hybridized carbons (Fsp3) is 0.438. The molecule has 2 unspecified atom stereocenters. The number of likely N-dealkylation sites (tertiary alicyclic amines) is 1. The molecule has 0 bridgehead atoms. The van der Waals surface area contributed by atoms with E-state index in [1.165, 1.54) is 30.7 Å². The number of carboxylic acid groups (broad SMARTS) is 1. The van der Waals surface area contributed by atoms with Crippen molar-refractivity contribution < 1.29 is 24.2 Å². The van der Waals surface area contributed by atoms with E-state index in [4.69, 9.17) is 4.74 Å². The highest BCUT2D eigenvalue weighted by molar-refractivity contribution is 8.13. The Bertz CT molecular complexity index is 601. The highest BCUT2D eigenvalue weighted by atomic mass is 32.2. The molecular formula is C16H19NO5S. The van der Waals surface area contributed by atoms with Gasteiger partial charge in [-0.15, -0.1) is 0 Å². The first-order valence-electron chi connectivity index (χ1n) is 7.22. The van der Waals surface area contributed by atoms with Crippen LogP contribution in [0, 0.1) is 5.92 Å². The van der Waals surface area contributed by atoms with Crippen molar-refractivity contribution in [2.75, 3.05) is 19.4 Å². The summed E-state index contributed by atoms with van der Waals surface area (Å²) in [6, 6.07) is 5.65. The van der Waals surface area contributed by atoms with Gasteiger partial charge in [0.2, 0.25) is 5.91 Å². The lowest BCUT2D eigenvalue weighted by atomic mass is 10.1. The zero-order valence-corrected chi connectivity index (χ0v) is 13.8. The molecule has 124 valence electrons. The quantitative estimate of drug-likeness (QED) is 0.854. The molecule has 0 saturated carbocycles. The van der Waals surface area contributed by atoms with Crippen molar-refractivity contribution in [2.45, 2.75) is 19.4 Å². The third-order valence-corrected chi connectivity index (χ3v) is 4.78. The van der Waals surface area contributed by atoms with Crippen LogP contribution in [0.5, 0.6) is 5.75 Å². The van der Waals surface area contributed by atoms with Crippen LogP contribution in [0.3, 0.4) is 0 Å². The van der Waals surface area contributed by atoms with E-state index in [0.29, 0.717) is 23.6 Å². The first-order valence-corrected chi connectivity index (χ1v) is 8.20. The maximum absolute atomic E-state index is 12.2. The summed E-state index contributed by atoms with van der Waals surface area (Å²) in [5, 5.41) is 9.55. The number of hydrogen-bond donors (Lipinski definition) is 1. The maximum Gasteiger partial charge on any atom is 0.331 e. The molecule has 2 atom stereocenters. The Morgan fingerprint density at radius 3 is 2.57 bits per heavy atom. The van der Waals surface area contributed by atoms with E-state index in [2.05, 4.69) is 0 Å². The average Bonchev–Trinajstić information content (AvgIpc) is 2.87. The number of nitrogens with zero attached hydrogens (tertiary/aromatic N) is 1. The molecule has 23 heavy (non-hydrogen) atoms. The first kappa shape index (κ1) is 17.3. The van der Waals surface area contributed by atoms with Crippen LogP contribution in [-0.2, 0) is 14.4 Å². The maximum atomic E-state index is 12.2. The summed E-state index contributed by atoms with van der Waals surface area (Å²) in [6.07, 6.45) is 0.278. The van der Waals surface area contributed by atoms with E-state index in [1.54, 1.807) is 24.3 Å². The number of methoxy groups -OCH3 is 1. The number of carbonyl (C=O) groups is 3. The number of rotatable bonds is 6.